The summed E-state index contributed by atoms with van der Waals surface area (Å²) in [4.78, 5) is 8.83. The van der Waals surface area contributed by atoms with Crippen molar-refractivity contribution in [3.63, 3.8) is 0 Å². The van der Waals surface area contributed by atoms with Crippen LogP contribution in [0, 0.1) is 6.92 Å². The van der Waals surface area contributed by atoms with E-state index in [0.717, 1.165) is 62.3 Å². The van der Waals surface area contributed by atoms with Crippen LogP contribution in [0.15, 0.2) is 42.5 Å². The Morgan fingerprint density at radius 1 is 1.10 bits per heavy atom. The molecule has 2 aromatic carbocycles. The molecule has 1 aromatic heterocycles. The first kappa shape index (κ1) is 20.7. The van der Waals surface area contributed by atoms with Crippen molar-refractivity contribution in [2.75, 3.05) is 48.6 Å². The molecule has 1 fully saturated rings. The molecule has 1 aliphatic rings. The number of hydrogen-bond acceptors (Lipinski definition) is 4. The zero-order valence-corrected chi connectivity index (χ0v) is 18.7. The van der Waals surface area contributed by atoms with Crippen LogP contribution in [-0.4, -0.2) is 56.9 Å². The van der Waals surface area contributed by atoms with E-state index in [9.17, 15) is 8.42 Å². The predicted octanol–water partition coefficient (Wildman–Crippen LogP) is 1.20. The smallest absolute Gasteiger partial charge is 0.229 e. The number of nitrogens with zero attached hydrogens (tertiary/aromatic N) is 3. The van der Waals surface area contributed by atoms with Gasteiger partial charge in [-0.3, -0.25) is 4.72 Å². The number of hydrogen-bond donors (Lipinski definition) is 2. The highest BCUT2D eigenvalue weighted by Gasteiger charge is 2.21. The lowest BCUT2D eigenvalue weighted by Crippen LogP contribution is -3.15. The fourth-order valence-electron chi connectivity index (χ4n) is 4.13. The number of sulfonamides is 1. The highest BCUT2D eigenvalue weighted by Crippen LogP contribution is 2.20. The van der Waals surface area contributed by atoms with Crippen LogP contribution in [0.2, 0.25) is 0 Å². The van der Waals surface area contributed by atoms with Crippen LogP contribution in [0.1, 0.15) is 11.4 Å². The summed E-state index contributed by atoms with van der Waals surface area (Å²) in [6.45, 7) is 7.56. The summed E-state index contributed by atoms with van der Waals surface area (Å²) < 4.78 is 27.6. The van der Waals surface area contributed by atoms with E-state index < -0.39 is 10.0 Å². The molecule has 1 aliphatic heterocycles. The van der Waals surface area contributed by atoms with Crippen molar-refractivity contribution in [1.29, 1.82) is 0 Å². The third-order valence-corrected chi connectivity index (χ3v) is 6.46. The molecule has 4 rings (SSSR count). The van der Waals surface area contributed by atoms with Gasteiger partial charge in [0.2, 0.25) is 10.0 Å². The monoisotopic (exact) mass is 428 g/mol. The third kappa shape index (κ3) is 4.76. The Labute approximate surface area is 178 Å². The number of anilines is 2. The molecule has 2 heterocycles. The molecule has 30 heavy (non-hydrogen) atoms. The van der Waals surface area contributed by atoms with Crippen LogP contribution < -0.4 is 14.5 Å². The van der Waals surface area contributed by atoms with E-state index in [4.69, 9.17) is 4.98 Å². The average Bonchev–Trinajstić information content (AvgIpc) is 3.01. The molecule has 3 aromatic rings. The van der Waals surface area contributed by atoms with Gasteiger partial charge in [-0.15, -0.1) is 0 Å². The molecule has 8 heteroatoms. The Kier molecular flexibility index (Phi) is 5.71. The van der Waals surface area contributed by atoms with Crippen LogP contribution in [0.5, 0.6) is 0 Å². The molecular weight excluding hydrogens is 398 g/mol. The first-order chi connectivity index (χ1) is 14.3. The van der Waals surface area contributed by atoms with E-state index >= 15 is 0 Å². The number of aromatic nitrogens is 2. The SMILES string of the molecule is Cc1ccc(N2CC[NH+](CCc3nc4cc(NS(C)(=O)=O)ccc4n3C)CC2)cc1. The Bertz CT molecular complexity index is 1130. The van der Waals surface area contributed by atoms with Gasteiger partial charge in [0.05, 0.1) is 62.1 Å². The highest BCUT2D eigenvalue weighted by atomic mass is 32.2. The molecule has 0 unspecified atom stereocenters. The van der Waals surface area contributed by atoms with E-state index in [2.05, 4.69) is 45.4 Å². The molecule has 2 N–H and O–H groups in total. The van der Waals surface area contributed by atoms with Crippen molar-refractivity contribution in [3.05, 3.63) is 53.9 Å². The number of fused-ring (bicyclic) bond motifs is 1. The van der Waals surface area contributed by atoms with E-state index in [1.807, 2.05) is 13.1 Å². The van der Waals surface area contributed by atoms with Crippen LogP contribution in [0.3, 0.4) is 0 Å². The van der Waals surface area contributed by atoms with E-state index in [0.29, 0.717) is 5.69 Å². The van der Waals surface area contributed by atoms with Gasteiger partial charge in [-0.05, 0) is 37.3 Å². The predicted molar refractivity (Wildman–Crippen MR) is 122 cm³/mol. The van der Waals surface area contributed by atoms with Gasteiger partial charge in [0.1, 0.15) is 5.82 Å². The number of benzene rings is 2. The molecule has 0 aliphatic carbocycles. The summed E-state index contributed by atoms with van der Waals surface area (Å²) >= 11 is 0. The molecule has 0 saturated carbocycles. The number of imidazole rings is 1. The Hall–Kier alpha value is -2.58. The van der Waals surface area contributed by atoms with Crippen LogP contribution in [-0.2, 0) is 23.5 Å². The van der Waals surface area contributed by atoms with Gasteiger partial charge in [-0.25, -0.2) is 13.4 Å². The maximum atomic E-state index is 11.5. The topological polar surface area (TPSA) is 71.7 Å². The van der Waals surface area contributed by atoms with E-state index in [-0.39, 0.29) is 0 Å². The van der Waals surface area contributed by atoms with Gasteiger partial charge in [0.25, 0.3) is 0 Å². The fraction of sp³-hybridized carbons (Fsp3) is 0.409. The van der Waals surface area contributed by atoms with Crippen LogP contribution in [0.25, 0.3) is 11.0 Å². The minimum atomic E-state index is -3.29. The summed E-state index contributed by atoms with van der Waals surface area (Å²) in [7, 11) is -1.27. The fourth-order valence-corrected chi connectivity index (χ4v) is 4.68. The van der Waals surface area contributed by atoms with Gasteiger partial charge in [0, 0.05) is 12.7 Å². The molecule has 1 saturated heterocycles. The Balaban J connectivity index is 1.37. The van der Waals surface area contributed by atoms with Gasteiger partial charge < -0.3 is 14.4 Å². The lowest BCUT2D eigenvalue weighted by molar-refractivity contribution is -0.900. The Morgan fingerprint density at radius 2 is 1.80 bits per heavy atom. The van der Waals surface area contributed by atoms with Crippen molar-refractivity contribution < 1.29 is 13.3 Å². The zero-order valence-electron chi connectivity index (χ0n) is 17.9. The number of quaternary nitrogens is 1. The molecular formula is C22H30N5O2S+. The summed E-state index contributed by atoms with van der Waals surface area (Å²) in [5, 5.41) is 0. The van der Waals surface area contributed by atoms with Crippen molar-refractivity contribution in [3.8, 4) is 0 Å². The van der Waals surface area contributed by atoms with Crippen molar-refractivity contribution in [2.24, 2.45) is 7.05 Å². The second-order valence-electron chi connectivity index (χ2n) is 8.24. The van der Waals surface area contributed by atoms with E-state index in [1.165, 1.54) is 11.3 Å². The summed E-state index contributed by atoms with van der Waals surface area (Å²) in [5.41, 5.74) is 4.99. The lowest BCUT2D eigenvalue weighted by atomic mass is 10.2. The molecule has 0 amide bonds. The van der Waals surface area contributed by atoms with Gasteiger partial charge in [-0.1, -0.05) is 17.7 Å². The van der Waals surface area contributed by atoms with Crippen LogP contribution in [0.4, 0.5) is 11.4 Å². The molecule has 7 nitrogen and oxygen atoms in total. The molecule has 0 atom stereocenters. The van der Waals surface area contributed by atoms with Gasteiger partial charge in [0.15, 0.2) is 0 Å². The van der Waals surface area contributed by atoms with Crippen LogP contribution >= 0.6 is 0 Å². The molecule has 160 valence electrons. The normalized spacial score (nSPS) is 15.6. The largest absolute Gasteiger partial charge is 0.360 e. The quantitative estimate of drug-likeness (QED) is 0.619. The summed E-state index contributed by atoms with van der Waals surface area (Å²) in [6, 6.07) is 14.3. The summed E-state index contributed by atoms with van der Waals surface area (Å²) in [6.07, 6.45) is 2.06. The number of nitrogens with one attached hydrogen (secondary N) is 2. The maximum absolute atomic E-state index is 11.5. The first-order valence-corrected chi connectivity index (χ1v) is 12.3. The molecule has 0 spiro atoms. The second-order valence-corrected chi connectivity index (χ2v) is 9.99. The lowest BCUT2D eigenvalue weighted by Gasteiger charge is -2.33. The minimum absolute atomic E-state index is 0.549. The first-order valence-electron chi connectivity index (χ1n) is 10.4. The zero-order chi connectivity index (χ0) is 21.3. The van der Waals surface area contributed by atoms with Crippen molar-refractivity contribution in [2.45, 2.75) is 13.3 Å². The van der Waals surface area contributed by atoms with Gasteiger partial charge >= 0.3 is 0 Å². The molecule has 0 radical (unpaired) electrons. The van der Waals surface area contributed by atoms with Crippen molar-refractivity contribution in [1.82, 2.24) is 9.55 Å². The van der Waals surface area contributed by atoms with E-state index in [1.54, 1.807) is 17.0 Å². The number of rotatable bonds is 6. The van der Waals surface area contributed by atoms with Gasteiger partial charge in [-0.2, -0.15) is 0 Å². The standard InChI is InChI=1S/C22H29N5O2S/c1-17-4-7-19(8-5-17)27-14-12-26(13-15-27)11-10-22-23-20-16-18(24-30(3,28)29)6-9-21(20)25(22)2/h4-9,16,24H,10-15H2,1-3H3/p+1. The van der Waals surface area contributed by atoms with Crippen molar-refractivity contribution >= 4 is 32.4 Å². The second kappa shape index (κ2) is 8.28. The summed E-state index contributed by atoms with van der Waals surface area (Å²) in [5.74, 6) is 1.04. The average molecular weight is 429 g/mol. The number of piperazine rings is 1. The number of aryl methyl sites for hydroxylation is 2. The minimum Gasteiger partial charge on any atom is -0.360 e. The Morgan fingerprint density at radius 3 is 2.47 bits per heavy atom. The third-order valence-electron chi connectivity index (χ3n) is 5.85. The molecule has 0 bridgehead atoms. The highest BCUT2D eigenvalue weighted by molar-refractivity contribution is 7.92. The maximum Gasteiger partial charge on any atom is 0.229 e.